The Morgan fingerprint density at radius 1 is 0.765 bits per heavy atom. The summed E-state index contributed by atoms with van der Waals surface area (Å²) in [6.07, 6.45) is 19.1. The number of aliphatic hydroxyl groups is 1. The van der Waals surface area contributed by atoms with Crippen molar-refractivity contribution in [2.45, 2.75) is 51.0 Å². The second-order valence-corrected chi connectivity index (χ2v) is 4.15. The maximum absolute atomic E-state index is 9.43. The van der Waals surface area contributed by atoms with Gasteiger partial charge in [-0.25, -0.2) is 0 Å². The molecule has 0 aliphatic carbocycles. The van der Waals surface area contributed by atoms with Gasteiger partial charge >= 0.3 is 0 Å². The normalized spacial score (nSPS) is 13.2. The molecular formula is C16H26O. The van der Waals surface area contributed by atoms with E-state index in [1.54, 1.807) is 6.08 Å². The van der Waals surface area contributed by atoms with Crippen LogP contribution >= 0.6 is 0 Å². The van der Waals surface area contributed by atoms with Gasteiger partial charge in [0.15, 0.2) is 0 Å². The molecule has 0 amide bonds. The van der Waals surface area contributed by atoms with Crippen molar-refractivity contribution in [3.63, 3.8) is 0 Å². The van der Waals surface area contributed by atoms with Gasteiger partial charge in [0, 0.05) is 0 Å². The van der Waals surface area contributed by atoms with Crippen LogP contribution in [0.15, 0.2) is 49.6 Å². The molecular weight excluding hydrogens is 208 g/mol. The first-order chi connectivity index (χ1) is 8.31. The Morgan fingerprint density at radius 2 is 1.41 bits per heavy atom. The van der Waals surface area contributed by atoms with Crippen molar-refractivity contribution in [1.29, 1.82) is 0 Å². The molecule has 0 aliphatic heterocycles. The SMILES string of the molecule is C=CCCCC=CCCC=CCC(O)CC=C. The largest absolute Gasteiger partial charge is 0.392 e. The highest BCUT2D eigenvalue weighted by Crippen LogP contribution is 2.02. The number of unbranched alkanes of at least 4 members (excludes halogenated alkanes) is 3. The molecule has 0 saturated heterocycles. The van der Waals surface area contributed by atoms with Crippen LogP contribution < -0.4 is 0 Å². The van der Waals surface area contributed by atoms with Crippen LogP contribution in [0, 0.1) is 0 Å². The van der Waals surface area contributed by atoms with Gasteiger partial charge in [-0.3, -0.25) is 0 Å². The molecule has 0 saturated carbocycles. The molecule has 0 heterocycles. The lowest BCUT2D eigenvalue weighted by Gasteiger charge is -2.02. The first-order valence-electron chi connectivity index (χ1n) is 6.51. The molecule has 1 N–H and O–H groups in total. The van der Waals surface area contributed by atoms with Crippen molar-refractivity contribution in [3.05, 3.63) is 49.6 Å². The quantitative estimate of drug-likeness (QED) is 0.410. The zero-order valence-electron chi connectivity index (χ0n) is 10.9. The smallest absolute Gasteiger partial charge is 0.0608 e. The van der Waals surface area contributed by atoms with Crippen LogP contribution in [-0.4, -0.2) is 11.2 Å². The molecule has 0 radical (unpaired) electrons. The fourth-order valence-electron chi connectivity index (χ4n) is 1.47. The van der Waals surface area contributed by atoms with Gasteiger partial charge in [-0.15, -0.1) is 13.2 Å². The second-order valence-electron chi connectivity index (χ2n) is 4.15. The number of hydrogen-bond donors (Lipinski definition) is 1. The van der Waals surface area contributed by atoms with Crippen LogP contribution in [0.25, 0.3) is 0 Å². The third-order valence-corrected chi connectivity index (χ3v) is 2.46. The average molecular weight is 234 g/mol. The molecule has 1 atom stereocenters. The minimum absolute atomic E-state index is 0.266. The van der Waals surface area contributed by atoms with Crippen molar-refractivity contribution >= 4 is 0 Å². The summed E-state index contributed by atoms with van der Waals surface area (Å²) < 4.78 is 0. The van der Waals surface area contributed by atoms with E-state index in [4.69, 9.17) is 0 Å². The Balaban J connectivity index is 3.34. The van der Waals surface area contributed by atoms with Crippen molar-refractivity contribution in [2.24, 2.45) is 0 Å². The predicted octanol–water partition coefficient (Wildman–Crippen LogP) is 4.56. The van der Waals surface area contributed by atoms with Crippen molar-refractivity contribution in [3.8, 4) is 0 Å². The summed E-state index contributed by atoms with van der Waals surface area (Å²) in [4.78, 5) is 0. The minimum Gasteiger partial charge on any atom is -0.392 e. The van der Waals surface area contributed by atoms with Crippen molar-refractivity contribution < 1.29 is 5.11 Å². The van der Waals surface area contributed by atoms with E-state index in [1.165, 1.54) is 6.42 Å². The Labute approximate surface area is 106 Å². The second kappa shape index (κ2) is 13.0. The van der Waals surface area contributed by atoms with Crippen LogP contribution in [0.3, 0.4) is 0 Å². The van der Waals surface area contributed by atoms with Gasteiger partial charge in [-0.1, -0.05) is 36.5 Å². The van der Waals surface area contributed by atoms with Gasteiger partial charge in [0.1, 0.15) is 0 Å². The highest BCUT2D eigenvalue weighted by atomic mass is 16.3. The Bertz CT molecular complexity index is 238. The summed E-state index contributed by atoms with van der Waals surface area (Å²) in [5, 5.41) is 9.43. The van der Waals surface area contributed by atoms with E-state index in [-0.39, 0.29) is 6.10 Å². The topological polar surface area (TPSA) is 20.2 Å². The summed E-state index contributed by atoms with van der Waals surface area (Å²) in [7, 11) is 0. The molecule has 0 aliphatic rings. The maximum atomic E-state index is 9.43. The van der Waals surface area contributed by atoms with E-state index < -0.39 is 0 Å². The summed E-state index contributed by atoms with van der Waals surface area (Å²) in [6.45, 7) is 7.30. The first-order valence-corrected chi connectivity index (χ1v) is 6.51. The summed E-state index contributed by atoms with van der Waals surface area (Å²) in [5.41, 5.74) is 0. The van der Waals surface area contributed by atoms with Gasteiger partial charge in [0.2, 0.25) is 0 Å². The third kappa shape index (κ3) is 12.9. The molecule has 0 fully saturated rings. The lowest BCUT2D eigenvalue weighted by molar-refractivity contribution is 0.181. The summed E-state index contributed by atoms with van der Waals surface area (Å²) in [5.74, 6) is 0. The molecule has 17 heavy (non-hydrogen) atoms. The Morgan fingerprint density at radius 3 is 2.06 bits per heavy atom. The monoisotopic (exact) mass is 234 g/mol. The predicted molar refractivity (Wildman–Crippen MR) is 77.0 cm³/mol. The molecule has 0 bridgehead atoms. The number of hydrogen-bond acceptors (Lipinski definition) is 1. The molecule has 1 nitrogen and oxygen atoms in total. The molecule has 96 valence electrons. The molecule has 1 unspecified atom stereocenters. The van der Waals surface area contributed by atoms with Crippen LogP contribution in [0.1, 0.15) is 44.9 Å². The highest BCUT2D eigenvalue weighted by molar-refractivity contribution is 4.90. The Hall–Kier alpha value is -1.08. The van der Waals surface area contributed by atoms with E-state index in [9.17, 15) is 5.11 Å². The van der Waals surface area contributed by atoms with Crippen LogP contribution in [0.5, 0.6) is 0 Å². The van der Waals surface area contributed by atoms with Crippen LogP contribution in [0.4, 0.5) is 0 Å². The standard InChI is InChI=1S/C16H26O/c1-3-5-6-7-8-9-10-11-12-13-15-16(17)14-4-2/h3-4,8-9,12-13,16-17H,1-2,5-7,10-11,14-15H2. The minimum atomic E-state index is -0.266. The zero-order valence-corrected chi connectivity index (χ0v) is 10.9. The first kappa shape index (κ1) is 15.9. The number of allylic oxidation sites excluding steroid dienone is 4. The summed E-state index contributed by atoms with van der Waals surface area (Å²) in [6, 6.07) is 0. The van der Waals surface area contributed by atoms with E-state index in [2.05, 4.69) is 37.5 Å². The molecule has 0 rings (SSSR count). The lowest BCUT2D eigenvalue weighted by Crippen LogP contribution is -2.01. The number of aliphatic hydroxyl groups excluding tert-OH is 1. The van der Waals surface area contributed by atoms with Crippen LogP contribution in [-0.2, 0) is 0 Å². The third-order valence-electron chi connectivity index (χ3n) is 2.46. The summed E-state index contributed by atoms with van der Waals surface area (Å²) >= 11 is 0. The van der Waals surface area contributed by atoms with Gasteiger partial charge in [-0.05, 0) is 44.9 Å². The van der Waals surface area contributed by atoms with Gasteiger partial charge in [0.25, 0.3) is 0 Å². The fourth-order valence-corrected chi connectivity index (χ4v) is 1.47. The lowest BCUT2D eigenvalue weighted by atomic mass is 10.1. The molecule has 0 aromatic rings. The van der Waals surface area contributed by atoms with E-state index in [0.29, 0.717) is 6.42 Å². The van der Waals surface area contributed by atoms with E-state index in [0.717, 1.165) is 32.1 Å². The van der Waals surface area contributed by atoms with E-state index in [1.807, 2.05) is 6.08 Å². The van der Waals surface area contributed by atoms with Crippen molar-refractivity contribution in [2.75, 3.05) is 0 Å². The zero-order chi connectivity index (χ0) is 12.8. The average Bonchev–Trinajstić information content (AvgIpc) is 2.32. The van der Waals surface area contributed by atoms with Gasteiger partial charge < -0.3 is 5.11 Å². The van der Waals surface area contributed by atoms with Crippen LogP contribution in [0.2, 0.25) is 0 Å². The molecule has 0 aromatic carbocycles. The highest BCUT2D eigenvalue weighted by Gasteiger charge is 1.95. The van der Waals surface area contributed by atoms with Gasteiger partial charge in [-0.2, -0.15) is 0 Å². The maximum Gasteiger partial charge on any atom is 0.0608 e. The van der Waals surface area contributed by atoms with Crippen molar-refractivity contribution in [1.82, 2.24) is 0 Å². The van der Waals surface area contributed by atoms with Gasteiger partial charge in [0.05, 0.1) is 6.10 Å². The van der Waals surface area contributed by atoms with E-state index >= 15 is 0 Å². The number of rotatable bonds is 11. The molecule has 1 heteroatoms. The molecule has 0 aromatic heterocycles. The molecule has 0 spiro atoms. The fraction of sp³-hybridized carbons (Fsp3) is 0.500. The Kier molecular flexibility index (Phi) is 12.2.